The number of hydrogen-bond donors (Lipinski definition) is 1. The molecule has 3 heterocycles. The molecule has 1 aliphatic heterocycles. The van der Waals surface area contributed by atoms with Crippen LogP contribution in [0.1, 0.15) is 42.1 Å². The van der Waals surface area contributed by atoms with Crippen molar-refractivity contribution in [2.75, 3.05) is 26.2 Å². The second-order valence-corrected chi connectivity index (χ2v) is 7.50. The van der Waals surface area contributed by atoms with Crippen LogP contribution in [0.25, 0.3) is 0 Å². The van der Waals surface area contributed by atoms with E-state index in [-0.39, 0.29) is 5.91 Å². The molecule has 3 rings (SSSR count). The third kappa shape index (κ3) is 4.42. The van der Waals surface area contributed by atoms with E-state index >= 15 is 0 Å². The summed E-state index contributed by atoms with van der Waals surface area (Å²) in [5.41, 5.74) is 4.56. The Morgan fingerprint density at radius 3 is 2.96 bits per heavy atom. The van der Waals surface area contributed by atoms with Gasteiger partial charge in [0.1, 0.15) is 5.69 Å². The molecule has 1 amide bonds. The summed E-state index contributed by atoms with van der Waals surface area (Å²) in [6, 6.07) is 1.90. The molecule has 1 aliphatic rings. The van der Waals surface area contributed by atoms with E-state index in [0.717, 1.165) is 57.0 Å². The molecule has 0 unspecified atom stereocenters. The molecule has 2 aromatic rings. The monoisotopic (exact) mass is 347 g/mol. The van der Waals surface area contributed by atoms with Crippen LogP contribution in [0.5, 0.6) is 0 Å². The van der Waals surface area contributed by atoms with Gasteiger partial charge < -0.3 is 4.90 Å². The number of aromatic amines is 1. The molecule has 0 spiro atoms. The molecular weight excluding hydrogens is 322 g/mol. The Bertz CT molecular complexity index is 652. The minimum absolute atomic E-state index is 0.0387. The Hall–Kier alpha value is -1.73. The summed E-state index contributed by atoms with van der Waals surface area (Å²) >= 11 is 1.63. The zero-order chi connectivity index (χ0) is 16.9. The van der Waals surface area contributed by atoms with E-state index in [0.29, 0.717) is 11.6 Å². The first-order valence-corrected chi connectivity index (χ1v) is 9.49. The van der Waals surface area contributed by atoms with Gasteiger partial charge in [0, 0.05) is 43.8 Å². The van der Waals surface area contributed by atoms with Crippen LogP contribution in [0.4, 0.5) is 0 Å². The van der Waals surface area contributed by atoms with Crippen LogP contribution in [0.2, 0.25) is 0 Å². The van der Waals surface area contributed by atoms with Crippen molar-refractivity contribution < 1.29 is 4.79 Å². The number of rotatable bonds is 5. The topological polar surface area (TPSA) is 65.1 Å². The van der Waals surface area contributed by atoms with Gasteiger partial charge in [0.25, 0.3) is 5.91 Å². The highest BCUT2D eigenvalue weighted by Gasteiger charge is 2.22. The standard InChI is InChI=1S/C17H25N5OS/c1-13(2)8-14-9-16(20-19-14)17(23)22-5-3-4-21(6-7-22)10-15-11-24-12-18-15/h9,11-13H,3-8,10H2,1-2H3,(H,19,20). The average molecular weight is 347 g/mol. The normalized spacial score (nSPS) is 16.5. The molecule has 0 aromatic carbocycles. The SMILES string of the molecule is CC(C)Cc1cc(C(=O)N2CCCN(Cc3cscn3)CC2)n[nH]1. The number of nitrogens with one attached hydrogen (secondary N) is 1. The number of carbonyl (C=O) groups excluding carboxylic acids is 1. The fourth-order valence-corrected chi connectivity index (χ4v) is 3.60. The van der Waals surface area contributed by atoms with Crippen LogP contribution in [-0.2, 0) is 13.0 Å². The van der Waals surface area contributed by atoms with E-state index in [1.165, 1.54) is 0 Å². The van der Waals surface area contributed by atoms with Gasteiger partial charge in [-0.15, -0.1) is 11.3 Å². The van der Waals surface area contributed by atoms with E-state index < -0.39 is 0 Å². The third-order valence-corrected chi connectivity index (χ3v) is 4.86. The Morgan fingerprint density at radius 1 is 1.33 bits per heavy atom. The molecule has 1 fully saturated rings. The van der Waals surface area contributed by atoms with Gasteiger partial charge in [0.2, 0.25) is 0 Å². The van der Waals surface area contributed by atoms with E-state index in [1.807, 2.05) is 16.5 Å². The highest BCUT2D eigenvalue weighted by atomic mass is 32.1. The Kier molecular flexibility index (Phi) is 5.63. The van der Waals surface area contributed by atoms with Crippen molar-refractivity contribution in [3.8, 4) is 0 Å². The first-order valence-electron chi connectivity index (χ1n) is 8.55. The second kappa shape index (κ2) is 7.90. The Balaban J connectivity index is 1.57. The average Bonchev–Trinajstić information content (AvgIpc) is 3.15. The van der Waals surface area contributed by atoms with Gasteiger partial charge in [-0.25, -0.2) is 4.98 Å². The Labute approximate surface area is 146 Å². The molecule has 7 heteroatoms. The number of nitrogens with zero attached hydrogens (tertiary/aromatic N) is 4. The lowest BCUT2D eigenvalue weighted by Crippen LogP contribution is -2.35. The number of hydrogen-bond acceptors (Lipinski definition) is 5. The van der Waals surface area contributed by atoms with E-state index in [2.05, 4.69) is 39.3 Å². The fourth-order valence-electron chi connectivity index (χ4n) is 3.05. The summed E-state index contributed by atoms with van der Waals surface area (Å²) < 4.78 is 0. The maximum atomic E-state index is 12.7. The van der Waals surface area contributed by atoms with Crippen molar-refractivity contribution in [3.63, 3.8) is 0 Å². The van der Waals surface area contributed by atoms with Crippen LogP contribution >= 0.6 is 11.3 Å². The second-order valence-electron chi connectivity index (χ2n) is 6.78. The molecule has 1 N–H and O–H groups in total. The van der Waals surface area contributed by atoms with Crippen LogP contribution in [0, 0.1) is 5.92 Å². The van der Waals surface area contributed by atoms with Gasteiger partial charge in [-0.05, 0) is 24.8 Å². The molecule has 0 atom stereocenters. The van der Waals surface area contributed by atoms with Crippen molar-refractivity contribution in [2.24, 2.45) is 5.92 Å². The van der Waals surface area contributed by atoms with E-state index in [4.69, 9.17) is 0 Å². The summed E-state index contributed by atoms with van der Waals surface area (Å²) in [5, 5.41) is 9.30. The van der Waals surface area contributed by atoms with Crippen molar-refractivity contribution in [2.45, 2.75) is 33.2 Å². The summed E-state index contributed by atoms with van der Waals surface area (Å²) in [7, 11) is 0. The van der Waals surface area contributed by atoms with Gasteiger partial charge >= 0.3 is 0 Å². The number of aromatic nitrogens is 3. The zero-order valence-corrected chi connectivity index (χ0v) is 15.2. The quantitative estimate of drug-likeness (QED) is 0.902. The maximum Gasteiger partial charge on any atom is 0.274 e. The maximum absolute atomic E-state index is 12.7. The molecule has 6 nitrogen and oxygen atoms in total. The van der Waals surface area contributed by atoms with Gasteiger partial charge in [-0.2, -0.15) is 5.10 Å². The summed E-state index contributed by atoms with van der Waals surface area (Å²) in [4.78, 5) is 21.3. The molecule has 0 bridgehead atoms. The molecule has 24 heavy (non-hydrogen) atoms. The van der Waals surface area contributed by atoms with Crippen LogP contribution in [0.15, 0.2) is 17.0 Å². The van der Waals surface area contributed by atoms with E-state index in [1.54, 1.807) is 11.3 Å². The predicted molar refractivity (Wildman–Crippen MR) is 95.0 cm³/mol. The van der Waals surface area contributed by atoms with Crippen molar-refractivity contribution in [1.82, 2.24) is 25.0 Å². The van der Waals surface area contributed by atoms with Crippen LogP contribution < -0.4 is 0 Å². The van der Waals surface area contributed by atoms with Crippen molar-refractivity contribution in [1.29, 1.82) is 0 Å². The van der Waals surface area contributed by atoms with Gasteiger partial charge in [0.15, 0.2) is 0 Å². The summed E-state index contributed by atoms with van der Waals surface area (Å²) in [6.45, 7) is 8.61. The molecule has 130 valence electrons. The minimum Gasteiger partial charge on any atom is -0.336 e. The third-order valence-electron chi connectivity index (χ3n) is 4.22. The Morgan fingerprint density at radius 2 is 2.21 bits per heavy atom. The van der Waals surface area contributed by atoms with Crippen LogP contribution in [0.3, 0.4) is 0 Å². The molecular formula is C17H25N5OS. The van der Waals surface area contributed by atoms with E-state index in [9.17, 15) is 4.79 Å². The smallest absolute Gasteiger partial charge is 0.274 e. The van der Waals surface area contributed by atoms with Gasteiger partial charge in [0.05, 0.1) is 11.2 Å². The lowest BCUT2D eigenvalue weighted by atomic mass is 10.1. The zero-order valence-electron chi connectivity index (χ0n) is 14.4. The van der Waals surface area contributed by atoms with Gasteiger partial charge in [-0.3, -0.25) is 14.8 Å². The molecule has 1 saturated heterocycles. The molecule has 0 saturated carbocycles. The first kappa shape index (κ1) is 17.1. The van der Waals surface area contributed by atoms with Crippen molar-refractivity contribution >= 4 is 17.2 Å². The summed E-state index contributed by atoms with van der Waals surface area (Å²) in [5.74, 6) is 0.586. The van der Waals surface area contributed by atoms with Crippen molar-refractivity contribution in [3.05, 3.63) is 34.0 Å². The molecule has 0 radical (unpaired) electrons. The predicted octanol–water partition coefficient (Wildman–Crippen LogP) is 2.41. The molecule has 0 aliphatic carbocycles. The largest absolute Gasteiger partial charge is 0.336 e. The molecule has 2 aromatic heterocycles. The minimum atomic E-state index is 0.0387. The number of thiazole rings is 1. The number of H-pyrrole nitrogens is 1. The fraction of sp³-hybridized carbons (Fsp3) is 0.588. The highest BCUT2D eigenvalue weighted by molar-refractivity contribution is 7.07. The number of amides is 1. The van der Waals surface area contributed by atoms with Crippen LogP contribution in [-0.4, -0.2) is 57.1 Å². The lowest BCUT2D eigenvalue weighted by molar-refractivity contribution is 0.0755. The summed E-state index contributed by atoms with van der Waals surface area (Å²) in [6.07, 6.45) is 1.90. The number of carbonyl (C=O) groups is 1. The van der Waals surface area contributed by atoms with Gasteiger partial charge in [-0.1, -0.05) is 13.8 Å². The first-order chi connectivity index (χ1) is 11.6. The lowest BCUT2D eigenvalue weighted by Gasteiger charge is -2.20. The highest BCUT2D eigenvalue weighted by Crippen LogP contribution is 2.13.